The number of fused-ring (bicyclic) bond motifs is 1. The number of ether oxygens (including phenoxy) is 1. The first-order chi connectivity index (χ1) is 17.1. The molecule has 2 N–H and O–H groups in total. The lowest BCUT2D eigenvalue weighted by Crippen LogP contribution is -2.47. The van der Waals surface area contributed by atoms with Crippen LogP contribution in [-0.4, -0.2) is 56.9 Å². The number of rotatable bonds is 6. The molecule has 2 atom stereocenters. The average Bonchev–Trinajstić information content (AvgIpc) is 3.32. The van der Waals surface area contributed by atoms with E-state index in [1.165, 1.54) is 0 Å². The Balaban J connectivity index is 1.27. The van der Waals surface area contributed by atoms with Crippen LogP contribution < -0.4 is 10.6 Å². The van der Waals surface area contributed by atoms with Gasteiger partial charge >= 0.3 is 6.03 Å². The summed E-state index contributed by atoms with van der Waals surface area (Å²) in [6.45, 7) is 3.30. The van der Waals surface area contributed by atoms with Gasteiger partial charge in [-0.2, -0.15) is 4.98 Å². The molecule has 1 saturated heterocycles. The molecule has 0 saturated carbocycles. The summed E-state index contributed by atoms with van der Waals surface area (Å²) in [6.07, 6.45) is 4.98. The lowest BCUT2D eigenvalue weighted by Gasteiger charge is -2.36. The van der Waals surface area contributed by atoms with Crippen LogP contribution in [0.4, 0.5) is 16.4 Å². The van der Waals surface area contributed by atoms with Crippen molar-refractivity contribution in [1.29, 1.82) is 0 Å². The summed E-state index contributed by atoms with van der Waals surface area (Å²) in [5.41, 5.74) is 3.79. The molecule has 2 aromatic heterocycles. The van der Waals surface area contributed by atoms with Crippen molar-refractivity contribution in [2.24, 2.45) is 5.92 Å². The van der Waals surface area contributed by atoms with E-state index < -0.39 is 0 Å². The number of carbonyl (C=O) groups is 1. The zero-order chi connectivity index (χ0) is 24.2. The zero-order valence-corrected chi connectivity index (χ0v) is 19.9. The number of aromatic nitrogens is 4. The van der Waals surface area contributed by atoms with Gasteiger partial charge in [-0.1, -0.05) is 24.3 Å². The van der Waals surface area contributed by atoms with E-state index in [9.17, 15) is 4.79 Å². The fourth-order valence-corrected chi connectivity index (χ4v) is 4.56. The van der Waals surface area contributed by atoms with E-state index in [-0.39, 0.29) is 18.2 Å². The second-order valence-corrected chi connectivity index (χ2v) is 8.79. The van der Waals surface area contributed by atoms with Gasteiger partial charge < -0.3 is 20.3 Å². The lowest BCUT2D eigenvalue weighted by molar-refractivity contribution is 0.0425. The number of likely N-dealkylation sites (tertiary alicyclic amines) is 1. The first-order valence-corrected chi connectivity index (χ1v) is 11.8. The highest BCUT2D eigenvalue weighted by Crippen LogP contribution is 2.24. The molecule has 2 amide bonds. The Hall–Kier alpha value is -3.98. The summed E-state index contributed by atoms with van der Waals surface area (Å²) >= 11 is 0. The van der Waals surface area contributed by atoms with Crippen LogP contribution in [0, 0.1) is 12.8 Å². The molecule has 0 aliphatic carbocycles. The lowest BCUT2D eigenvalue weighted by atomic mass is 9.96. The smallest absolute Gasteiger partial charge is 0.321 e. The average molecular weight is 472 g/mol. The van der Waals surface area contributed by atoms with E-state index >= 15 is 0 Å². The third kappa shape index (κ3) is 5.09. The molecular weight excluding hydrogens is 442 g/mol. The maximum Gasteiger partial charge on any atom is 0.321 e. The van der Waals surface area contributed by atoms with Crippen LogP contribution in [0.15, 0.2) is 67.1 Å². The van der Waals surface area contributed by atoms with Crippen LogP contribution >= 0.6 is 0 Å². The Bertz CT molecular complexity index is 1320. The van der Waals surface area contributed by atoms with Crippen LogP contribution in [-0.2, 0) is 4.74 Å². The summed E-state index contributed by atoms with van der Waals surface area (Å²) in [4.78, 5) is 28.3. The van der Waals surface area contributed by atoms with Crippen molar-refractivity contribution in [2.75, 3.05) is 30.8 Å². The van der Waals surface area contributed by atoms with Crippen LogP contribution in [0.1, 0.15) is 18.4 Å². The summed E-state index contributed by atoms with van der Waals surface area (Å²) in [5, 5.41) is 6.34. The van der Waals surface area contributed by atoms with Gasteiger partial charge in [0.15, 0.2) is 0 Å². The minimum absolute atomic E-state index is 0.0957. The summed E-state index contributed by atoms with van der Waals surface area (Å²) in [7, 11) is 1.66. The van der Waals surface area contributed by atoms with Crippen LogP contribution in [0.2, 0.25) is 0 Å². The van der Waals surface area contributed by atoms with Crippen molar-refractivity contribution >= 4 is 28.7 Å². The Morgan fingerprint density at radius 1 is 1.14 bits per heavy atom. The molecule has 1 aliphatic heterocycles. The number of nitrogens with one attached hydrogen (secondary N) is 2. The molecule has 4 aromatic rings. The van der Waals surface area contributed by atoms with E-state index in [1.807, 2.05) is 71.0 Å². The number of urea groups is 1. The van der Waals surface area contributed by atoms with Gasteiger partial charge in [0.1, 0.15) is 18.4 Å². The largest absolute Gasteiger partial charge is 0.361 e. The highest BCUT2D eigenvalue weighted by Gasteiger charge is 2.30. The number of para-hydroxylation sites is 2. The molecule has 0 spiro atoms. The Morgan fingerprint density at radius 2 is 2.03 bits per heavy atom. The molecule has 5 rings (SSSR count). The third-order valence-electron chi connectivity index (χ3n) is 6.31. The maximum absolute atomic E-state index is 12.9. The Morgan fingerprint density at radius 3 is 2.89 bits per heavy atom. The van der Waals surface area contributed by atoms with Gasteiger partial charge in [0.2, 0.25) is 5.95 Å². The molecule has 35 heavy (non-hydrogen) atoms. The predicted octanol–water partition coefficient (Wildman–Crippen LogP) is 4.45. The number of aryl methyl sites for hydroxylation is 1. The van der Waals surface area contributed by atoms with Gasteiger partial charge in [0, 0.05) is 38.0 Å². The normalized spacial score (nSPS) is 16.7. The highest BCUT2D eigenvalue weighted by atomic mass is 16.5. The van der Waals surface area contributed by atoms with Crippen molar-refractivity contribution in [1.82, 2.24) is 24.4 Å². The summed E-state index contributed by atoms with van der Waals surface area (Å²) < 4.78 is 7.72. The fraction of sp³-hybridized carbons (Fsp3) is 0.308. The zero-order valence-electron chi connectivity index (χ0n) is 19.9. The topological polar surface area (TPSA) is 97.2 Å². The number of anilines is 2. The number of piperidine rings is 1. The third-order valence-corrected chi connectivity index (χ3v) is 6.31. The molecule has 1 fully saturated rings. The number of carbonyl (C=O) groups excluding carboxylic acids is 1. The molecule has 3 heterocycles. The minimum Gasteiger partial charge on any atom is -0.361 e. The number of hydrogen-bond donors (Lipinski definition) is 2. The number of hydrogen-bond acceptors (Lipinski definition) is 6. The van der Waals surface area contributed by atoms with Gasteiger partial charge in [-0.25, -0.2) is 14.8 Å². The summed E-state index contributed by atoms with van der Waals surface area (Å²) in [6, 6.07) is 17.5. The standard InChI is InChI=1S/C26H29N7O2/c1-18-7-5-9-20(15-18)29-26(34)32-14-6-8-19(16-32)24(35-2)31-25-27-13-12-23(30-25)33-17-28-21-10-3-4-11-22(21)33/h3-5,7,9-13,15,17,19,24H,6,8,14,16H2,1-2H3,(H,29,34)(H,27,30,31). The SMILES string of the molecule is COC(Nc1nccc(-n2cnc3ccccc32)n1)C1CCCN(C(=O)Nc2cccc(C)c2)C1. The first-order valence-electron chi connectivity index (χ1n) is 11.8. The van der Waals surface area contributed by atoms with Crippen molar-refractivity contribution in [3.05, 3.63) is 72.7 Å². The minimum atomic E-state index is -0.334. The molecule has 1 aliphatic rings. The van der Waals surface area contributed by atoms with E-state index in [0.717, 1.165) is 35.1 Å². The van der Waals surface area contributed by atoms with Gasteiger partial charge in [0.25, 0.3) is 0 Å². The quantitative estimate of drug-likeness (QED) is 0.403. The number of amides is 2. The monoisotopic (exact) mass is 471 g/mol. The highest BCUT2D eigenvalue weighted by molar-refractivity contribution is 5.89. The van der Waals surface area contributed by atoms with Crippen molar-refractivity contribution in [3.8, 4) is 5.82 Å². The molecule has 2 aromatic carbocycles. The fourth-order valence-electron chi connectivity index (χ4n) is 4.56. The predicted molar refractivity (Wildman–Crippen MR) is 136 cm³/mol. The van der Waals surface area contributed by atoms with Crippen molar-refractivity contribution in [2.45, 2.75) is 26.0 Å². The van der Waals surface area contributed by atoms with Crippen LogP contribution in [0.3, 0.4) is 0 Å². The molecule has 0 bridgehead atoms. The van der Waals surface area contributed by atoms with Gasteiger partial charge in [0.05, 0.1) is 11.0 Å². The first kappa shape index (κ1) is 22.8. The van der Waals surface area contributed by atoms with E-state index in [4.69, 9.17) is 9.72 Å². The summed E-state index contributed by atoms with van der Waals surface area (Å²) in [5.74, 6) is 1.28. The number of imidazole rings is 1. The Labute approximate surface area is 204 Å². The molecule has 180 valence electrons. The van der Waals surface area contributed by atoms with Crippen molar-refractivity contribution < 1.29 is 9.53 Å². The van der Waals surface area contributed by atoms with Crippen molar-refractivity contribution in [3.63, 3.8) is 0 Å². The van der Waals surface area contributed by atoms with Crippen LogP contribution in [0.5, 0.6) is 0 Å². The molecule has 0 radical (unpaired) electrons. The van der Waals surface area contributed by atoms with Gasteiger partial charge in [-0.3, -0.25) is 4.57 Å². The number of methoxy groups -OCH3 is 1. The van der Waals surface area contributed by atoms with E-state index in [0.29, 0.717) is 24.9 Å². The molecule has 9 nitrogen and oxygen atoms in total. The number of nitrogens with zero attached hydrogens (tertiary/aromatic N) is 5. The van der Waals surface area contributed by atoms with Crippen LogP contribution in [0.25, 0.3) is 16.9 Å². The molecule has 2 unspecified atom stereocenters. The molecule has 9 heteroatoms. The second-order valence-electron chi connectivity index (χ2n) is 8.79. The molecular formula is C26H29N7O2. The number of benzene rings is 2. The second kappa shape index (κ2) is 10.1. The van der Waals surface area contributed by atoms with Gasteiger partial charge in [-0.05, 0) is 55.7 Å². The Kier molecular flexibility index (Phi) is 6.58. The van der Waals surface area contributed by atoms with E-state index in [1.54, 1.807) is 19.6 Å². The van der Waals surface area contributed by atoms with E-state index in [2.05, 4.69) is 20.6 Å². The van der Waals surface area contributed by atoms with Gasteiger partial charge in [-0.15, -0.1) is 0 Å². The maximum atomic E-state index is 12.9.